The lowest BCUT2D eigenvalue weighted by atomic mass is 10.1. The molecular weight excluding hydrogens is 178 g/mol. The topological polar surface area (TPSA) is 64.1 Å². The van der Waals surface area contributed by atoms with Crippen LogP contribution in [0.3, 0.4) is 0 Å². The molecule has 0 bridgehead atoms. The molecule has 0 aliphatic rings. The van der Waals surface area contributed by atoms with Crippen LogP contribution < -0.4 is 5.73 Å². The number of aryl methyl sites for hydroxylation is 1. The molecule has 0 aromatic carbocycles. The Balaban J connectivity index is 2.86. The minimum Gasteiger partial charge on any atom is -0.394 e. The fourth-order valence-corrected chi connectivity index (χ4v) is 1.57. The van der Waals surface area contributed by atoms with E-state index in [-0.39, 0.29) is 18.7 Å². The molecule has 0 radical (unpaired) electrons. The van der Waals surface area contributed by atoms with Gasteiger partial charge >= 0.3 is 0 Å². The minimum absolute atomic E-state index is 0.0564. The molecule has 3 N–H and O–H groups in total. The van der Waals surface area contributed by atoms with E-state index in [9.17, 15) is 5.11 Å². The van der Waals surface area contributed by atoms with Crippen LogP contribution in [0, 0.1) is 0 Å². The van der Waals surface area contributed by atoms with E-state index < -0.39 is 0 Å². The van der Waals surface area contributed by atoms with Gasteiger partial charge in [0.05, 0.1) is 12.6 Å². The third-order valence-corrected chi connectivity index (χ3v) is 2.37. The van der Waals surface area contributed by atoms with Gasteiger partial charge in [-0.25, -0.2) is 4.98 Å². The third-order valence-electron chi connectivity index (χ3n) is 2.37. The van der Waals surface area contributed by atoms with E-state index in [0.717, 1.165) is 18.7 Å². The highest BCUT2D eigenvalue weighted by Gasteiger charge is 2.16. The quantitative estimate of drug-likeness (QED) is 0.731. The maximum absolute atomic E-state index is 9.23. The van der Waals surface area contributed by atoms with Crippen molar-refractivity contribution in [2.75, 3.05) is 6.61 Å². The molecule has 80 valence electrons. The van der Waals surface area contributed by atoms with Crippen LogP contribution >= 0.6 is 0 Å². The Kier molecular flexibility index (Phi) is 4.10. The highest BCUT2D eigenvalue weighted by Crippen LogP contribution is 2.13. The lowest BCUT2D eigenvalue weighted by Crippen LogP contribution is -2.32. The molecular formula is C10H19N3O. The van der Waals surface area contributed by atoms with E-state index >= 15 is 0 Å². The zero-order valence-corrected chi connectivity index (χ0v) is 8.85. The maximum Gasteiger partial charge on any atom is 0.109 e. The molecule has 1 aromatic heterocycles. The van der Waals surface area contributed by atoms with Crippen LogP contribution in [-0.4, -0.2) is 27.3 Å². The summed E-state index contributed by atoms with van der Waals surface area (Å²) in [5, 5.41) is 9.23. The molecule has 1 heterocycles. The van der Waals surface area contributed by atoms with Crippen molar-refractivity contribution in [3.63, 3.8) is 0 Å². The summed E-state index contributed by atoms with van der Waals surface area (Å²) in [6.07, 6.45) is 5.62. The predicted octanol–water partition coefficient (Wildman–Crippen LogP) is 0.716. The fourth-order valence-electron chi connectivity index (χ4n) is 1.57. The summed E-state index contributed by atoms with van der Waals surface area (Å²) in [6.45, 7) is 4.07. The summed E-state index contributed by atoms with van der Waals surface area (Å²) in [5.41, 5.74) is 5.79. The zero-order chi connectivity index (χ0) is 10.6. The molecule has 2 unspecified atom stereocenters. The maximum atomic E-state index is 9.23. The summed E-state index contributed by atoms with van der Waals surface area (Å²) >= 11 is 0. The van der Waals surface area contributed by atoms with Crippen LogP contribution in [0.15, 0.2) is 12.4 Å². The molecule has 4 heteroatoms. The van der Waals surface area contributed by atoms with E-state index in [0.29, 0.717) is 0 Å². The largest absolute Gasteiger partial charge is 0.394 e. The van der Waals surface area contributed by atoms with Crippen molar-refractivity contribution in [3.8, 4) is 0 Å². The molecule has 2 atom stereocenters. The Morgan fingerprint density at radius 2 is 2.36 bits per heavy atom. The van der Waals surface area contributed by atoms with Gasteiger partial charge in [-0.3, -0.25) is 0 Å². The molecule has 4 nitrogen and oxygen atoms in total. The van der Waals surface area contributed by atoms with Crippen molar-refractivity contribution < 1.29 is 5.11 Å². The van der Waals surface area contributed by atoms with Gasteiger partial charge < -0.3 is 15.4 Å². The Morgan fingerprint density at radius 1 is 1.64 bits per heavy atom. The fraction of sp³-hybridized carbons (Fsp3) is 0.700. The van der Waals surface area contributed by atoms with Crippen molar-refractivity contribution in [1.29, 1.82) is 0 Å². The Morgan fingerprint density at radius 3 is 2.86 bits per heavy atom. The molecule has 1 rings (SSSR count). The number of hydrogen-bond donors (Lipinski definition) is 2. The van der Waals surface area contributed by atoms with Gasteiger partial charge in [-0.2, -0.15) is 0 Å². The van der Waals surface area contributed by atoms with Crippen LogP contribution in [0.25, 0.3) is 0 Å². The number of rotatable bonds is 5. The molecule has 14 heavy (non-hydrogen) atoms. The van der Waals surface area contributed by atoms with Crippen LogP contribution in [0.5, 0.6) is 0 Å². The van der Waals surface area contributed by atoms with E-state index in [1.165, 1.54) is 0 Å². The summed E-state index contributed by atoms with van der Waals surface area (Å²) in [7, 11) is 0. The summed E-state index contributed by atoms with van der Waals surface area (Å²) < 4.78 is 1.98. The average molecular weight is 197 g/mol. The predicted molar refractivity (Wildman–Crippen MR) is 56.0 cm³/mol. The van der Waals surface area contributed by atoms with Gasteiger partial charge in [0.2, 0.25) is 0 Å². The molecule has 0 fully saturated rings. The molecule has 0 saturated carbocycles. The third kappa shape index (κ3) is 2.33. The zero-order valence-electron chi connectivity index (χ0n) is 8.85. The van der Waals surface area contributed by atoms with Gasteiger partial charge in [0.15, 0.2) is 0 Å². The highest BCUT2D eigenvalue weighted by atomic mass is 16.3. The number of hydrogen-bond acceptors (Lipinski definition) is 3. The monoisotopic (exact) mass is 197 g/mol. The average Bonchev–Trinajstić information content (AvgIpc) is 2.55. The van der Waals surface area contributed by atoms with Crippen molar-refractivity contribution >= 4 is 0 Å². The SMILES string of the molecule is CCCc1nccn1C(CO)C(C)N. The van der Waals surface area contributed by atoms with Crippen molar-refractivity contribution in [2.45, 2.75) is 38.8 Å². The first-order chi connectivity index (χ1) is 6.70. The second kappa shape index (κ2) is 5.12. The van der Waals surface area contributed by atoms with Crippen LogP contribution in [0.1, 0.15) is 32.1 Å². The minimum atomic E-state index is -0.0650. The molecule has 0 amide bonds. The first-order valence-corrected chi connectivity index (χ1v) is 5.08. The summed E-state index contributed by atoms with van der Waals surface area (Å²) in [4.78, 5) is 4.25. The highest BCUT2D eigenvalue weighted by molar-refractivity contribution is 4.97. The van der Waals surface area contributed by atoms with E-state index in [1.807, 2.05) is 17.7 Å². The molecule has 0 aliphatic carbocycles. The molecule has 1 aromatic rings. The molecule has 0 spiro atoms. The van der Waals surface area contributed by atoms with E-state index in [4.69, 9.17) is 5.73 Å². The van der Waals surface area contributed by atoms with Crippen LogP contribution in [0.2, 0.25) is 0 Å². The first kappa shape index (κ1) is 11.2. The first-order valence-electron chi connectivity index (χ1n) is 5.08. The lowest BCUT2D eigenvalue weighted by molar-refractivity contribution is 0.208. The van der Waals surface area contributed by atoms with Crippen LogP contribution in [0.4, 0.5) is 0 Å². The number of aliphatic hydroxyl groups is 1. The summed E-state index contributed by atoms with van der Waals surface area (Å²) in [6, 6.07) is -0.121. The second-order valence-corrected chi connectivity index (χ2v) is 3.61. The van der Waals surface area contributed by atoms with E-state index in [2.05, 4.69) is 11.9 Å². The second-order valence-electron chi connectivity index (χ2n) is 3.61. The number of imidazole rings is 1. The van der Waals surface area contributed by atoms with Gasteiger partial charge in [-0.05, 0) is 13.3 Å². The van der Waals surface area contributed by atoms with Gasteiger partial charge in [-0.15, -0.1) is 0 Å². The number of aliphatic hydroxyl groups excluding tert-OH is 1. The van der Waals surface area contributed by atoms with Gasteiger partial charge in [0.25, 0.3) is 0 Å². The molecule has 0 saturated heterocycles. The number of aromatic nitrogens is 2. The molecule has 0 aliphatic heterocycles. The van der Waals surface area contributed by atoms with E-state index in [1.54, 1.807) is 6.20 Å². The summed E-state index contributed by atoms with van der Waals surface area (Å²) in [5.74, 6) is 1.00. The van der Waals surface area contributed by atoms with Gasteiger partial charge in [0, 0.05) is 24.9 Å². The van der Waals surface area contributed by atoms with Crippen molar-refractivity contribution in [2.24, 2.45) is 5.73 Å². The van der Waals surface area contributed by atoms with Crippen molar-refractivity contribution in [1.82, 2.24) is 9.55 Å². The lowest BCUT2D eigenvalue weighted by Gasteiger charge is -2.21. The Bertz CT molecular complexity index is 270. The van der Waals surface area contributed by atoms with Gasteiger partial charge in [0.1, 0.15) is 5.82 Å². The number of nitrogens with zero attached hydrogens (tertiary/aromatic N) is 2. The standard InChI is InChI=1S/C10H19N3O/c1-3-4-10-12-5-6-13(10)9(7-14)8(2)11/h5-6,8-9,14H,3-4,7,11H2,1-2H3. The number of nitrogens with two attached hydrogens (primary N) is 1. The Labute approximate surface area is 84.8 Å². The Hall–Kier alpha value is -0.870. The van der Waals surface area contributed by atoms with Crippen LogP contribution in [-0.2, 0) is 6.42 Å². The van der Waals surface area contributed by atoms with Gasteiger partial charge in [-0.1, -0.05) is 6.92 Å². The smallest absolute Gasteiger partial charge is 0.109 e. The van der Waals surface area contributed by atoms with Crippen molar-refractivity contribution in [3.05, 3.63) is 18.2 Å². The normalized spacial score (nSPS) is 15.4.